The van der Waals surface area contributed by atoms with Crippen molar-refractivity contribution in [1.82, 2.24) is 0 Å². The van der Waals surface area contributed by atoms with Gasteiger partial charge in [-0.2, -0.15) is 0 Å². The summed E-state index contributed by atoms with van der Waals surface area (Å²) < 4.78 is 5.25. The number of Topliss-reactive ketones (excluding diaryl/α,β-unsaturated/α-hetero) is 2. The molecule has 0 bridgehead atoms. The Hall–Kier alpha value is -2.49. The fourth-order valence-corrected chi connectivity index (χ4v) is 3.41. The van der Waals surface area contributed by atoms with Crippen molar-refractivity contribution in [2.24, 2.45) is 0 Å². The number of hydrogen-bond donors (Lipinski definition) is 0. The van der Waals surface area contributed by atoms with Gasteiger partial charge in [0.2, 0.25) is 5.78 Å². The van der Waals surface area contributed by atoms with E-state index >= 15 is 0 Å². The van der Waals surface area contributed by atoms with E-state index in [1.165, 1.54) is 38.5 Å². The van der Waals surface area contributed by atoms with E-state index in [4.69, 9.17) is 4.74 Å². The second-order valence-corrected chi connectivity index (χ2v) is 7.44. The van der Waals surface area contributed by atoms with Crippen molar-refractivity contribution >= 4 is 17.5 Å². The molecule has 4 heteroatoms. The maximum absolute atomic E-state index is 12.9. The van der Waals surface area contributed by atoms with Crippen LogP contribution >= 0.6 is 0 Å². The minimum absolute atomic E-state index is 0.141. The van der Waals surface area contributed by atoms with Crippen LogP contribution in [0.3, 0.4) is 0 Å². The molecule has 0 aliphatic heterocycles. The standard InChI is InChI=1S/C25H32O4/c1-3-5-6-7-8-9-10-11-12-13-18-21-23(27)19-16-14-15-17-20(19)24(28)25(21)29-22(26)4-2/h13-18H,3-12H2,1-2H3. The van der Waals surface area contributed by atoms with Gasteiger partial charge in [0.1, 0.15) is 0 Å². The molecule has 0 fully saturated rings. The summed E-state index contributed by atoms with van der Waals surface area (Å²) in [4.78, 5) is 37.5. The average Bonchev–Trinajstić information content (AvgIpc) is 2.74. The molecule has 0 atom stereocenters. The Kier molecular flexibility index (Phi) is 9.55. The van der Waals surface area contributed by atoms with Crippen LogP contribution in [0.15, 0.2) is 47.7 Å². The molecule has 0 heterocycles. The van der Waals surface area contributed by atoms with Crippen molar-refractivity contribution in [3.05, 3.63) is 58.9 Å². The molecule has 0 N–H and O–H groups in total. The molecule has 1 aliphatic rings. The van der Waals surface area contributed by atoms with Crippen molar-refractivity contribution in [3.63, 3.8) is 0 Å². The average molecular weight is 397 g/mol. The first-order valence-electron chi connectivity index (χ1n) is 10.9. The summed E-state index contributed by atoms with van der Waals surface area (Å²) in [5.41, 5.74) is 0.826. The molecule has 1 aliphatic carbocycles. The Bertz CT molecular complexity index is 786. The Morgan fingerprint density at radius 2 is 1.45 bits per heavy atom. The van der Waals surface area contributed by atoms with Crippen LogP contribution in [0.25, 0.3) is 0 Å². The normalized spacial score (nSPS) is 13.9. The Balaban J connectivity index is 2.00. The van der Waals surface area contributed by atoms with Gasteiger partial charge in [-0.05, 0) is 12.8 Å². The van der Waals surface area contributed by atoms with E-state index in [1.54, 1.807) is 37.3 Å². The third-order valence-corrected chi connectivity index (χ3v) is 5.13. The third kappa shape index (κ3) is 6.52. The Morgan fingerprint density at radius 1 is 0.862 bits per heavy atom. The molecule has 2 rings (SSSR count). The second-order valence-electron chi connectivity index (χ2n) is 7.44. The monoisotopic (exact) mass is 396 g/mol. The summed E-state index contributed by atoms with van der Waals surface area (Å²) in [6.45, 7) is 3.88. The molecule has 1 aromatic rings. The van der Waals surface area contributed by atoms with E-state index in [0.717, 1.165) is 19.3 Å². The van der Waals surface area contributed by atoms with Crippen LogP contribution < -0.4 is 0 Å². The molecule has 0 spiro atoms. The van der Waals surface area contributed by atoms with Crippen LogP contribution in [0.1, 0.15) is 98.8 Å². The summed E-state index contributed by atoms with van der Waals surface area (Å²) in [6.07, 6.45) is 14.4. The Morgan fingerprint density at radius 3 is 2.07 bits per heavy atom. The summed E-state index contributed by atoms with van der Waals surface area (Å²) in [5.74, 6) is -1.35. The zero-order valence-corrected chi connectivity index (χ0v) is 17.7. The molecule has 0 radical (unpaired) electrons. The number of unbranched alkanes of at least 4 members (excludes halogenated alkanes) is 8. The number of carbonyl (C=O) groups is 3. The number of benzene rings is 1. The van der Waals surface area contributed by atoms with Crippen LogP contribution in [-0.2, 0) is 9.53 Å². The smallest absolute Gasteiger partial charge is 0.311 e. The molecule has 0 unspecified atom stereocenters. The highest BCUT2D eigenvalue weighted by Gasteiger charge is 2.33. The van der Waals surface area contributed by atoms with Crippen molar-refractivity contribution in [2.75, 3.05) is 0 Å². The highest BCUT2D eigenvalue weighted by atomic mass is 16.5. The van der Waals surface area contributed by atoms with Gasteiger partial charge in [0, 0.05) is 17.5 Å². The zero-order chi connectivity index (χ0) is 21.1. The topological polar surface area (TPSA) is 60.4 Å². The van der Waals surface area contributed by atoms with Crippen molar-refractivity contribution in [3.8, 4) is 0 Å². The van der Waals surface area contributed by atoms with Gasteiger partial charge < -0.3 is 4.74 Å². The molecule has 156 valence electrons. The molecule has 0 saturated heterocycles. The van der Waals surface area contributed by atoms with Crippen LogP contribution in [0.4, 0.5) is 0 Å². The van der Waals surface area contributed by atoms with E-state index < -0.39 is 11.8 Å². The van der Waals surface area contributed by atoms with Crippen LogP contribution in [-0.4, -0.2) is 17.5 Å². The lowest BCUT2D eigenvalue weighted by Crippen LogP contribution is -2.24. The first kappa shape index (κ1) is 22.8. The summed E-state index contributed by atoms with van der Waals surface area (Å²) >= 11 is 0. The first-order valence-corrected chi connectivity index (χ1v) is 10.9. The lowest BCUT2D eigenvalue weighted by molar-refractivity contribution is -0.138. The predicted octanol–water partition coefficient (Wildman–Crippen LogP) is 6.36. The van der Waals surface area contributed by atoms with Crippen molar-refractivity contribution in [1.29, 1.82) is 0 Å². The molecular weight excluding hydrogens is 364 g/mol. The summed E-state index contributed by atoms with van der Waals surface area (Å²) in [7, 11) is 0. The summed E-state index contributed by atoms with van der Waals surface area (Å²) in [6, 6.07) is 6.66. The second kappa shape index (κ2) is 12.2. The van der Waals surface area contributed by atoms with Gasteiger partial charge in [-0.25, -0.2) is 0 Å². The van der Waals surface area contributed by atoms with E-state index in [2.05, 4.69) is 6.92 Å². The van der Waals surface area contributed by atoms with Crippen molar-refractivity contribution < 1.29 is 19.1 Å². The summed E-state index contributed by atoms with van der Waals surface area (Å²) in [5, 5.41) is 0. The largest absolute Gasteiger partial charge is 0.422 e. The van der Waals surface area contributed by atoms with Gasteiger partial charge in [-0.15, -0.1) is 0 Å². The van der Waals surface area contributed by atoms with E-state index in [1.807, 2.05) is 6.08 Å². The molecule has 0 aromatic heterocycles. The highest BCUT2D eigenvalue weighted by molar-refractivity contribution is 6.27. The van der Waals surface area contributed by atoms with Crippen molar-refractivity contribution in [2.45, 2.75) is 78.1 Å². The minimum Gasteiger partial charge on any atom is -0.422 e. The fraction of sp³-hybridized carbons (Fsp3) is 0.480. The molecular formula is C25H32O4. The third-order valence-electron chi connectivity index (χ3n) is 5.13. The number of ether oxygens (including phenoxy) is 1. The minimum atomic E-state index is -0.519. The Labute approximate surface area is 174 Å². The zero-order valence-electron chi connectivity index (χ0n) is 17.7. The van der Waals surface area contributed by atoms with Gasteiger partial charge in [-0.1, -0.05) is 95.2 Å². The number of carbonyl (C=O) groups excluding carboxylic acids is 3. The number of ketones is 2. The molecule has 4 nitrogen and oxygen atoms in total. The quantitative estimate of drug-likeness (QED) is 0.305. The number of fused-ring (bicyclic) bond motifs is 1. The van der Waals surface area contributed by atoms with Gasteiger partial charge in [0.15, 0.2) is 11.5 Å². The number of esters is 1. The predicted molar refractivity (Wildman–Crippen MR) is 115 cm³/mol. The SMILES string of the molecule is CCCCCCCCCCC=CC1=C(OC(=O)CC)C(=O)c2ccccc2C1=O. The number of rotatable bonds is 12. The molecule has 1 aromatic carbocycles. The first-order chi connectivity index (χ1) is 14.1. The number of hydrogen-bond acceptors (Lipinski definition) is 4. The van der Waals surface area contributed by atoms with Gasteiger partial charge in [-0.3, -0.25) is 14.4 Å². The van der Waals surface area contributed by atoms with Gasteiger partial charge >= 0.3 is 5.97 Å². The molecule has 29 heavy (non-hydrogen) atoms. The van der Waals surface area contributed by atoms with Crippen LogP contribution in [0.2, 0.25) is 0 Å². The highest BCUT2D eigenvalue weighted by Crippen LogP contribution is 2.28. The van der Waals surface area contributed by atoms with E-state index in [9.17, 15) is 14.4 Å². The van der Waals surface area contributed by atoms with Gasteiger partial charge in [0.05, 0.1) is 5.57 Å². The molecule has 0 saturated carbocycles. The lowest BCUT2D eigenvalue weighted by Gasteiger charge is -2.18. The van der Waals surface area contributed by atoms with E-state index in [0.29, 0.717) is 5.56 Å². The molecule has 0 amide bonds. The van der Waals surface area contributed by atoms with Crippen LogP contribution in [0.5, 0.6) is 0 Å². The van der Waals surface area contributed by atoms with E-state index in [-0.39, 0.29) is 29.1 Å². The number of allylic oxidation sites excluding steroid dienone is 4. The lowest BCUT2D eigenvalue weighted by atomic mass is 9.87. The van der Waals surface area contributed by atoms with Gasteiger partial charge in [0.25, 0.3) is 0 Å². The van der Waals surface area contributed by atoms with Crippen LogP contribution in [0, 0.1) is 0 Å². The fourth-order valence-electron chi connectivity index (χ4n) is 3.41. The maximum Gasteiger partial charge on any atom is 0.311 e. The maximum atomic E-state index is 12.9.